The number of ether oxygens (including phenoxy) is 1. The second-order valence-corrected chi connectivity index (χ2v) is 4.72. The van der Waals surface area contributed by atoms with Gasteiger partial charge >= 0.3 is 0 Å². The molecule has 1 aromatic carbocycles. The number of hydrogen-bond acceptors (Lipinski definition) is 3. The van der Waals surface area contributed by atoms with Crippen molar-refractivity contribution in [1.82, 2.24) is 9.78 Å². The second kappa shape index (κ2) is 6.89. The van der Waals surface area contributed by atoms with E-state index in [1.54, 1.807) is 0 Å². The summed E-state index contributed by atoms with van der Waals surface area (Å²) in [5.74, 6) is 0.977. The molecule has 0 amide bonds. The lowest BCUT2D eigenvalue weighted by molar-refractivity contribution is -0.119. The van der Waals surface area contributed by atoms with E-state index in [2.05, 4.69) is 5.10 Å². The predicted molar refractivity (Wildman–Crippen MR) is 77.9 cm³/mol. The van der Waals surface area contributed by atoms with Crippen molar-refractivity contribution in [3.63, 3.8) is 0 Å². The van der Waals surface area contributed by atoms with Crippen molar-refractivity contribution in [3.8, 4) is 5.75 Å². The molecule has 0 bridgehead atoms. The minimum atomic E-state index is 0.176. The first-order chi connectivity index (χ1) is 9.69. The number of ketones is 1. The molecule has 0 aliphatic carbocycles. The molecule has 0 aliphatic rings. The van der Waals surface area contributed by atoms with E-state index in [1.807, 2.05) is 54.9 Å². The fourth-order valence-corrected chi connectivity index (χ4v) is 2.11. The Kier molecular flexibility index (Phi) is 4.93. The van der Waals surface area contributed by atoms with Gasteiger partial charge in [0.2, 0.25) is 0 Å². The van der Waals surface area contributed by atoms with Gasteiger partial charge in [0.05, 0.1) is 12.3 Å². The van der Waals surface area contributed by atoms with Crippen LogP contribution in [0.15, 0.2) is 36.4 Å². The SMILES string of the molecule is CCn1nc(C)cc1CC(=O)CCOc1ccccc1. The third-order valence-corrected chi connectivity index (χ3v) is 3.06. The first-order valence-electron chi connectivity index (χ1n) is 6.92. The van der Waals surface area contributed by atoms with E-state index in [-0.39, 0.29) is 5.78 Å². The highest BCUT2D eigenvalue weighted by Gasteiger charge is 2.09. The van der Waals surface area contributed by atoms with E-state index in [0.29, 0.717) is 19.4 Å². The number of carbonyl (C=O) groups is 1. The van der Waals surface area contributed by atoms with Gasteiger partial charge in [-0.15, -0.1) is 0 Å². The van der Waals surface area contributed by atoms with Gasteiger partial charge in [0.15, 0.2) is 0 Å². The summed E-state index contributed by atoms with van der Waals surface area (Å²) in [6.07, 6.45) is 0.843. The van der Waals surface area contributed by atoms with Crippen molar-refractivity contribution >= 4 is 5.78 Å². The fraction of sp³-hybridized carbons (Fsp3) is 0.375. The van der Waals surface area contributed by atoms with Crippen LogP contribution in [-0.2, 0) is 17.8 Å². The van der Waals surface area contributed by atoms with Crippen LogP contribution in [0.3, 0.4) is 0 Å². The van der Waals surface area contributed by atoms with Gasteiger partial charge in [0, 0.05) is 25.1 Å². The predicted octanol–water partition coefficient (Wildman–Crippen LogP) is 2.79. The molecule has 0 radical (unpaired) electrons. The molecule has 0 aliphatic heterocycles. The van der Waals surface area contributed by atoms with Gasteiger partial charge in [-0.1, -0.05) is 18.2 Å². The Hall–Kier alpha value is -2.10. The van der Waals surface area contributed by atoms with Crippen LogP contribution < -0.4 is 4.74 Å². The van der Waals surface area contributed by atoms with Gasteiger partial charge in [-0.05, 0) is 32.0 Å². The number of para-hydroxylation sites is 1. The van der Waals surface area contributed by atoms with Gasteiger partial charge in [0.1, 0.15) is 11.5 Å². The van der Waals surface area contributed by atoms with Crippen LogP contribution in [0, 0.1) is 6.92 Å². The summed E-state index contributed by atoms with van der Waals surface area (Å²) in [4.78, 5) is 12.0. The molecular weight excluding hydrogens is 252 g/mol. The average molecular weight is 272 g/mol. The molecule has 0 fully saturated rings. The van der Waals surface area contributed by atoms with Crippen molar-refractivity contribution < 1.29 is 9.53 Å². The standard InChI is InChI=1S/C16H20N2O2/c1-3-18-14(11-13(2)17-18)12-15(19)9-10-20-16-7-5-4-6-8-16/h4-8,11H,3,9-10,12H2,1-2H3. The molecule has 4 heteroatoms. The summed E-state index contributed by atoms with van der Waals surface area (Å²) in [6.45, 7) is 5.18. The smallest absolute Gasteiger partial charge is 0.142 e. The molecule has 106 valence electrons. The highest BCUT2D eigenvalue weighted by molar-refractivity contribution is 5.80. The van der Waals surface area contributed by atoms with E-state index in [9.17, 15) is 4.79 Å². The molecule has 2 rings (SSSR count). The summed E-state index contributed by atoms with van der Waals surface area (Å²) in [6, 6.07) is 11.5. The van der Waals surface area contributed by atoms with Gasteiger partial charge in [-0.2, -0.15) is 5.10 Å². The number of carbonyl (C=O) groups excluding carboxylic acids is 1. The molecule has 4 nitrogen and oxygen atoms in total. The summed E-state index contributed by atoms with van der Waals surface area (Å²) in [5, 5.41) is 4.34. The molecule has 20 heavy (non-hydrogen) atoms. The largest absolute Gasteiger partial charge is 0.493 e. The Bertz CT molecular complexity index is 561. The van der Waals surface area contributed by atoms with Crippen LogP contribution in [0.1, 0.15) is 24.7 Å². The number of aromatic nitrogens is 2. The molecule has 0 atom stereocenters. The quantitative estimate of drug-likeness (QED) is 0.778. The van der Waals surface area contributed by atoms with E-state index in [4.69, 9.17) is 4.74 Å². The Morgan fingerprint density at radius 1 is 1.30 bits per heavy atom. The molecule has 0 unspecified atom stereocenters. The Labute approximate surface area is 119 Å². The molecule has 0 N–H and O–H groups in total. The van der Waals surface area contributed by atoms with Crippen LogP contribution in [0.2, 0.25) is 0 Å². The Balaban J connectivity index is 1.80. The topological polar surface area (TPSA) is 44.1 Å². The van der Waals surface area contributed by atoms with Crippen molar-refractivity contribution in [1.29, 1.82) is 0 Å². The average Bonchev–Trinajstić information content (AvgIpc) is 2.80. The molecule has 1 heterocycles. The molecular formula is C16H20N2O2. The van der Waals surface area contributed by atoms with Gasteiger partial charge < -0.3 is 4.74 Å². The van der Waals surface area contributed by atoms with Crippen LogP contribution >= 0.6 is 0 Å². The minimum Gasteiger partial charge on any atom is -0.493 e. The Morgan fingerprint density at radius 3 is 2.75 bits per heavy atom. The maximum atomic E-state index is 12.0. The van der Waals surface area contributed by atoms with Crippen LogP contribution in [-0.4, -0.2) is 22.2 Å². The molecule has 0 saturated heterocycles. The fourth-order valence-electron chi connectivity index (χ4n) is 2.11. The summed E-state index contributed by atoms with van der Waals surface area (Å²) < 4.78 is 7.41. The number of hydrogen-bond donors (Lipinski definition) is 0. The van der Waals surface area contributed by atoms with E-state index in [1.165, 1.54) is 0 Å². The van der Waals surface area contributed by atoms with Crippen molar-refractivity contribution in [2.24, 2.45) is 0 Å². The third-order valence-electron chi connectivity index (χ3n) is 3.06. The second-order valence-electron chi connectivity index (χ2n) is 4.72. The van der Waals surface area contributed by atoms with Gasteiger partial charge in [0.25, 0.3) is 0 Å². The molecule has 1 aromatic heterocycles. The zero-order valence-electron chi connectivity index (χ0n) is 12.0. The first-order valence-corrected chi connectivity index (χ1v) is 6.92. The summed E-state index contributed by atoms with van der Waals surface area (Å²) in [5.41, 5.74) is 1.94. The normalized spacial score (nSPS) is 10.5. The number of aryl methyl sites for hydroxylation is 2. The number of nitrogens with zero attached hydrogens (tertiary/aromatic N) is 2. The van der Waals surface area contributed by atoms with Crippen LogP contribution in [0.25, 0.3) is 0 Å². The Morgan fingerprint density at radius 2 is 2.05 bits per heavy atom. The van der Waals surface area contributed by atoms with Gasteiger partial charge in [-0.3, -0.25) is 9.48 Å². The molecule has 2 aromatic rings. The number of rotatable bonds is 7. The highest BCUT2D eigenvalue weighted by Crippen LogP contribution is 2.10. The van der Waals surface area contributed by atoms with E-state index in [0.717, 1.165) is 23.7 Å². The minimum absolute atomic E-state index is 0.176. The highest BCUT2D eigenvalue weighted by atomic mass is 16.5. The maximum Gasteiger partial charge on any atom is 0.142 e. The maximum absolute atomic E-state index is 12.0. The zero-order chi connectivity index (χ0) is 14.4. The number of Topliss-reactive ketones (excluding diaryl/α,β-unsaturated/α-hetero) is 1. The molecule has 0 saturated carbocycles. The first kappa shape index (κ1) is 14.3. The van der Waals surface area contributed by atoms with Crippen molar-refractivity contribution in [2.45, 2.75) is 33.2 Å². The lowest BCUT2D eigenvalue weighted by atomic mass is 10.1. The summed E-state index contributed by atoms with van der Waals surface area (Å²) >= 11 is 0. The third kappa shape index (κ3) is 3.95. The zero-order valence-corrected chi connectivity index (χ0v) is 12.0. The molecule has 0 spiro atoms. The summed E-state index contributed by atoms with van der Waals surface area (Å²) in [7, 11) is 0. The van der Waals surface area contributed by atoms with Crippen molar-refractivity contribution in [2.75, 3.05) is 6.61 Å². The van der Waals surface area contributed by atoms with E-state index < -0.39 is 0 Å². The lowest BCUT2D eigenvalue weighted by Crippen LogP contribution is -2.12. The monoisotopic (exact) mass is 272 g/mol. The van der Waals surface area contributed by atoms with Crippen LogP contribution in [0.4, 0.5) is 0 Å². The van der Waals surface area contributed by atoms with Crippen molar-refractivity contribution in [3.05, 3.63) is 47.8 Å². The van der Waals surface area contributed by atoms with E-state index >= 15 is 0 Å². The number of benzene rings is 1. The van der Waals surface area contributed by atoms with Gasteiger partial charge in [-0.25, -0.2) is 0 Å². The lowest BCUT2D eigenvalue weighted by Gasteiger charge is -2.06. The van der Waals surface area contributed by atoms with Crippen LogP contribution in [0.5, 0.6) is 5.75 Å².